The second-order valence-electron chi connectivity index (χ2n) is 3.26. The van der Waals surface area contributed by atoms with Crippen LogP contribution in [0.25, 0.3) is 0 Å². The summed E-state index contributed by atoms with van der Waals surface area (Å²) in [5, 5.41) is 11.1. The van der Waals surface area contributed by atoms with Gasteiger partial charge in [0, 0.05) is 12.4 Å². The highest BCUT2D eigenvalue weighted by Crippen LogP contribution is 2.14. The van der Waals surface area contributed by atoms with Gasteiger partial charge in [-0.15, -0.1) is 0 Å². The van der Waals surface area contributed by atoms with Crippen molar-refractivity contribution in [2.24, 2.45) is 5.41 Å². The summed E-state index contributed by atoms with van der Waals surface area (Å²) in [6.45, 7) is 3.07. The summed E-state index contributed by atoms with van der Waals surface area (Å²) >= 11 is 0. The van der Waals surface area contributed by atoms with Gasteiger partial charge in [-0.2, -0.15) is 5.26 Å². The van der Waals surface area contributed by atoms with Crippen molar-refractivity contribution in [3.8, 4) is 6.07 Å². The van der Waals surface area contributed by atoms with Crippen molar-refractivity contribution in [1.29, 1.82) is 5.26 Å². The minimum atomic E-state index is -1.07. The summed E-state index contributed by atoms with van der Waals surface area (Å²) in [5.41, 5.74) is -1.07. The van der Waals surface area contributed by atoms with Crippen molar-refractivity contribution >= 4 is 11.9 Å². The number of hydrogen-bond donors (Lipinski definition) is 1. The topological polar surface area (TPSA) is 78.7 Å². The van der Waals surface area contributed by atoms with Gasteiger partial charge < -0.3 is 0 Å². The molecular formula is C9H10N4O. The Balaban J connectivity index is 2.73. The predicted molar refractivity (Wildman–Crippen MR) is 50.1 cm³/mol. The van der Waals surface area contributed by atoms with E-state index in [0.717, 1.165) is 0 Å². The van der Waals surface area contributed by atoms with Crippen LogP contribution >= 0.6 is 0 Å². The molecule has 0 atom stereocenters. The molecule has 1 aromatic rings. The van der Waals surface area contributed by atoms with Crippen molar-refractivity contribution < 1.29 is 4.79 Å². The zero-order valence-corrected chi connectivity index (χ0v) is 7.98. The molecule has 0 radical (unpaired) electrons. The summed E-state index contributed by atoms with van der Waals surface area (Å²) in [4.78, 5) is 19.1. The molecule has 0 spiro atoms. The SMILES string of the molecule is CC(C)(C#N)C(=O)Nc1ncccn1. The molecule has 1 heterocycles. The smallest absolute Gasteiger partial charge is 0.246 e. The van der Waals surface area contributed by atoms with E-state index in [9.17, 15) is 4.79 Å². The Bertz CT molecular complexity index is 366. The van der Waals surface area contributed by atoms with Crippen LogP contribution in [0.15, 0.2) is 18.5 Å². The molecule has 14 heavy (non-hydrogen) atoms. The molecule has 1 aromatic heterocycles. The zero-order chi connectivity index (χ0) is 10.6. The number of rotatable bonds is 2. The van der Waals surface area contributed by atoms with Gasteiger partial charge in [0.05, 0.1) is 6.07 Å². The Morgan fingerprint density at radius 3 is 2.57 bits per heavy atom. The molecule has 0 aliphatic heterocycles. The number of nitrogens with zero attached hydrogens (tertiary/aromatic N) is 3. The van der Waals surface area contributed by atoms with Crippen molar-refractivity contribution in [2.75, 3.05) is 5.32 Å². The monoisotopic (exact) mass is 190 g/mol. The van der Waals surface area contributed by atoms with E-state index < -0.39 is 11.3 Å². The zero-order valence-electron chi connectivity index (χ0n) is 7.98. The normalized spacial score (nSPS) is 10.4. The number of anilines is 1. The summed E-state index contributed by atoms with van der Waals surface area (Å²) in [6.07, 6.45) is 3.03. The van der Waals surface area contributed by atoms with Gasteiger partial charge in [-0.25, -0.2) is 9.97 Å². The number of carbonyl (C=O) groups is 1. The van der Waals surface area contributed by atoms with Crippen LogP contribution in [0.5, 0.6) is 0 Å². The molecule has 0 saturated carbocycles. The third kappa shape index (κ3) is 2.26. The first-order valence-electron chi connectivity index (χ1n) is 4.06. The minimum absolute atomic E-state index is 0.209. The Hall–Kier alpha value is -1.96. The summed E-state index contributed by atoms with van der Waals surface area (Å²) in [5.74, 6) is -0.202. The molecule has 5 nitrogen and oxygen atoms in total. The predicted octanol–water partition coefficient (Wildman–Crippen LogP) is 0.965. The second kappa shape index (κ2) is 3.83. The maximum Gasteiger partial charge on any atom is 0.246 e. The lowest BCUT2D eigenvalue weighted by molar-refractivity contribution is -0.121. The number of carbonyl (C=O) groups excluding carboxylic acids is 1. The van der Waals surface area contributed by atoms with Crippen LogP contribution in [-0.4, -0.2) is 15.9 Å². The molecule has 72 valence electrons. The molecule has 0 aliphatic rings. The fourth-order valence-electron chi connectivity index (χ4n) is 0.672. The molecule has 1 amide bonds. The van der Waals surface area contributed by atoms with Crippen LogP contribution in [0.3, 0.4) is 0 Å². The van der Waals surface area contributed by atoms with Crippen LogP contribution in [-0.2, 0) is 4.79 Å². The summed E-state index contributed by atoms with van der Waals surface area (Å²) in [7, 11) is 0. The molecule has 0 saturated heterocycles. The van der Waals surface area contributed by atoms with Gasteiger partial charge >= 0.3 is 0 Å². The molecule has 0 fully saturated rings. The number of hydrogen-bond acceptors (Lipinski definition) is 4. The number of nitriles is 1. The molecule has 1 rings (SSSR count). The van der Waals surface area contributed by atoms with Crippen molar-refractivity contribution in [1.82, 2.24) is 9.97 Å². The maximum atomic E-state index is 11.5. The first-order chi connectivity index (χ1) is 6.56. The van der Waals surface area contributed by atoms with Crippen LogP contribution < -0.4 is 5.32 Å². The largest absolute Gasteiger partial charge is 0.293 e. The van der Waals surface area contributed by atoms with E-state index in [0.29, 0.717) is 0 Å². The highest BCUT2D eigenvalue weighted by atomic mass is 16.2. The first-order valence-corrected chi connectivity index (χ1v) is 4.06. The van der Waals surface area contributed by atoms with Crippen LogP contribution in [0.1, 0.15) is 13.8 Å². The average molecular weight is 190 g/mol. The Morgan fingerprint density at radius 1 is 1.50 bits per heavy atom. The van der Waals surface area contributed by atoms with Gasteiger partial charge in [0.25, 0.3) is 0 Å². The fraction of sp³-hybridized carbons (Fsp3) is 0.333. The quantitative estimate of drug-likeness (QED) is 0.753. The molecule has 0 aromatic carbocycles. The van der Waals surface area contributed by atoms with E-state index in [4.69, 9.17) is 5.26 Å². The standard InChI is InChI=1S/C9H10N4O/c1-9(2,6-10)7(14)13-8-11-4-3-5-12-8/h3-5H,1-2H3,(H,11,12,13,14). The van der Waals surface area contributed by atoms with E-state index in [1.54, 1.807) is 6.07 Å². The van der Waals surface area contributed by atoms with Gasteiger partial charge in [-0.3, -0.25) is 10.1 Å². The highest BCUT2D eigenvalue weighted by molar-refractivity contribution is 5.95. The number of nitrogens with one attached hydrogen (secondary N) is 1. The molecule has 5 heteroatoms. The van der Waals surface area contributed by atoms with Crippen LogP contribution in [0.2, 0.25) is 0 Å². The summed E-state index contributed by atoms with van der Waals surface area (Å²) < 4.78 is 0. The van der Waals surface area contributed by atoms with Gasteiger partial charge in [0.15, 0.2) is 0 Å². The first kappa shape index (κ1) is 10.1. The molecule has 1 N–H and O–H groups in total. The number of amides is 1. The van der Waals surface area contributed by atoms with E-state index in [1.165, 1.54) is 26.2 Å². The fourth-order valence-corrected chi connectivity index (χ4v) is 0.672. The Labute approximate surface area is 81.8 Å². The van der Waals surface area contributed by atoms with Crippen LogP contribution in [0, 0.1) is 16.7 Å². The van der Waals surface area contributed by atoms with Crippen molar-refractivity contribution in [2.45, 2.75) is 13.8 Å². The Morgan fingerprint density at radius 2 is 2.07 bits per heavy atom. The van der Waals surface area contributed by atoms with E-state index in [1.807, 2.05) is 6.07 Å². The second-order valence-corrected chi connectivity index (χ2v) is 3.26. The molecule has 0 unspecified atom stereocenters. The highest BCUT2D eigenvalue weighted by Gasteiger charge is 2.27. The van der Waals surface area contributed by atoms with Gasteiger partial charge in [-0.05, 0) is 19.9 Å². The minimum Gasteiger partial charge on any atom is -0.293 e. The summed E-state index contributed by atoms with van der Waals surface area (Å²) in [6, 6.07) is 3.54. The van der Waals surface area contributed by atoms with Gasteiger partial charge in [-0.1, -0.05) is 0 Å². The van der Waals surface area contributed by atoms with E-state index in [2.05, 4.69) is 15.3 Å². The molecule has 0 bridgehead atoms. The van der Waals surface area contributed by atoms with Gasteiger partial charge in [0.2, 0.25) is 11.9 Å². The maximum absolute atomic E-state index is 11.5. The van der Waals surface area contributed by atoms with Gasteiger partial charge in [0.1, 0.15) is 5.41 Å². The van der Waals surface area contributed by atoms with E-state index >= 15 is 0 Å². The molecule has 0 aliphatic carbocycles. The van der Waals surface area contributed by atoms with Crippen molar-refractivity contribution in [3.05, 3.63) is 18.5 Å². The van der Waals surface area contributed by atoms with E-state index in [-0.39, 0.29) is 5.95 Å². The molecular weight excluding hydrogens is 180 g/mol. The third-order valence-electron chi connectivity index (χ3n) is 1.64. The van der Waals surface area contributed by atoms with Crippen molar-refractivity contribution in [3.63, 3.8) is 0 Å². The van der Waals surface area contributed by atoms with Crippen LogP contribution in [0.4, 0.5) is 5.95 Å². The lowest BCUT2D eigenvalue weighted by Gasteiger charge is -2.13. The Kier molecular flexibility index (Phi) is 2.77. The lowest BCUT2D eigenvalue weighted by Crippen LogP contribution is -2.29. The average Bonchev–Trinajstić information content (AvgIpc) is 2.19. The lowest BCUT2D eigenvalue weighted by atomic mass is 9.95. The number of aromatic nitrogens is 2. The third-order valence-corrected chi connectivity index (χ3v) is 1.64.